The van der Waals surface area contributed by atoms with E-state index in [0.29, 0.717) is 19.3 Å². The van der Waals surface area contributed by atoms with Gasteiger partial charge in [0.05, 0.1) is 18.3 Å². The maximum Gasteiger partial charge on any atom is 0.0692 e. The molecule has 1 saturated carbocycles. The van der Waals surface area contributed by atoms with Crippen LogP contribution in [0.4, 0.5) is 0 Å². The SMILES string of the molecule is CC(O)/C=C/CC(C)(C)CCC/C=C/C=C1CC(O)CC(O)C1. The molecule has 0 aromatic heterocycles. The van der Waals surface area contributed by atoms with Crippen LogP contribution in [0.5, 0.6) is 0 Å². The summed E-state index contributed by atoms with van der Waals surface area (Å²) in [6.45, 7) is 6.29. The molecule has 1 aliphatic carbocycles. The molecule has 0 radical (unpaired) electrons. The van der Waals surface area contributed by atoms with Crippen LogP contribution in [0.2, 0.25) is 0 Å². The first-order valence-electron chi connectivity index (χ1n) is 8.84. The van der Waals surface area contributed by atoms with E-state index in [-0.39, 0.29) is 11.5 Å². The summed E-state index contributed by atoms with van der Waals surface area (Å²) in [5, 5.41) is 28.5. The van der Waals surface area contributed by atoms with Crippen LogP contribution in [-0.2, 0) is 0 Å². The Morgan fingerprint density at radius 2 is 1.83 bits per heavy atom. The van der Waals surface area contributed by atoms with Crippen molar-refractivity contribution >= 4 is 0 Å². The van der Waals surface area contributed by atoms with Gasteiger partial charge in [0.2, 0.25) is 0 Å². The Kier molecular flexibility index (Phi) is 8.82. The number of rotatable bonds is 8. The third-order valence-electron chi connectivity index (χ3n) is 4.32. The lowest BCUT2D eigenvalue weighted by atomic mass is 9.83. The van der Waals surface area contributed by atoms with Crippen molar-refractivity contribution in [2.24, 2.45) is 5.41 Å². The molecule has 3 atom stereocenters. The highest BCUT2D eigenvalue weighted by molar-refractivity contribution is 5.16. The van der Waals surface area contributed by atoms with Gasteiger partial charge in [-0.05, 0) is 57.3 Å². The lowest BCUT2D eigenvalue weighted by Crippen LogP contribution is -2.24. The molecule has 0 aromatic carbocycles. The van der Waals surface area contributed by atoms with Gasteiger partial charge < -0.3 is 15.3 Å². The Balaban J connectivity index is 2.25. The van der Waals surface area contributed by atoms with E-state index in [0.717, 1.165) is 31.3 Å². The standard InChI is InChI=1S/C20H34O3/c1-16(21)9-8-12-20(2,3)11-7-5-4-6-10-17-13-18(22)15-19(23)14-17/h4,6,8-10,16,18-19,21-23H,5,7,11-15H2,1-3H3/b6-4+,9-8+,17-10?. The lowest BCUT2D eigenvalue weighted by Gasteiger charge is -2.24. The van der Waals surface area contributed by atoms with Crippen molar-refractivity contribution in [3.8, 4) is 0 Å². The molecule has 23 heavy (non-hydrogen) atoms. The van der Waals surface area contributed by atoms with Gasteiger partial charge in [0.25, 0.3) is 0 Å². The average molecular weight is 322 g/mol. The summed E-state index contributed by atoms with van der Waals surface area (Å²) in [5.74, 6) is 0. The van der Waals surface area contributed by atoms with Crippen molar-refractivity contribution in [3.63, 3.8) is 0 Å². The van der Waals surface area contributed by atoms with Crippen molar-refractivity contribution < 1.29 is 15.3 Å². The molecule has 0 spiro atoms. The molecule has 3 N–H and O–H groups in total. The molecule has 0 heterocycles. The third-order valence-corrected chi connectivity index (χ3v) is 4.32. The van der Waals surface area contributed by atoms with Gasteiger partial charge in [0.1, 0.15) is 0 Å². The molecule has 0 amide bonds. The summed E-state index contributed by atoms with van der Waals surface area (Å²) < 4.78 is 0. The number of hydrogen-bond donors (Lipinski definition) is 3. The Bertz CT molecular complexity index is 407. The summed E-state index contributed by atoms with van der Waals surface area (Å²) in [6.07, 6.45) is 15.2. The van der Waals surface area contributed by atoms with Gasteiger partial charge in [-0.15, -0.1) is 0 Å². The molecule has 3 nitrogen and oxygen atoms in total. The predicted molar refractivity (Wildman–Crippen MR) is 96.2 cm³/mol. The van der Waals surface area contributed by atoms with E-state index in [4.69, 9.17) is 0 Å². The van der Waals surface area contributed by atoms with Gasteiger partial charge in [-0.25, -0.2) is 0 Å². The highest BCUT2D eigenvalue weighted by Gasteiger charge is 2.20. The highest BCUT2D eigenvalue weighted by Crippen LogP contribution is 2.28. The van der Waals surface area contributed by atoms with Crippen molar-refractivity contribution in [1.82, 2.24) is 0 Å². The van der Waals surface area contributed by atoms with Gasteiger partial charge in [-0.3, -0.25) is 0 Å². The van der Waals surface area contributed by atoms with Gasteiger partial charge >= 0.3 is 0 Å². The number of unbranched alkanes of at least 4 members (excludes halogenated alkanes) is 1. The van der Waals surface area contributed by atoms with Crippen LogP contribution in [-0.4, -0.2) is 33.6 Å². The zero-order valence-electron chi connectivity index (χ0n) is 14.9. The number of aliphatic hydroxyl groups is 3. The summed E-state index contributed by atoms with van der Waals surface area (Å²) >= 11 is 0. The monoisotopic (exact) mass is 322 g/mol. The molecule has 0 bridgehead atoms. The highest BCUT2D eigenvalue weighted by atomic mass is 16.3. The summed E-state index contributed by atoms with van der Waals surface area (Å²) in [6, 6.07) is 0. The van der Waals surface area contributed by atoms with E-state index in [1.807, 2.05) is 12.2 Å². The van der Waals surface area contributed by atoms with Crippen LogP contribution in [0, 0.1) is 5.41 Å². The van der Waals surface area contributed by atoms with Crippen molar-refractivity contribution in [1.29, 1.82) is 0 Å². The van der Waals surface area contributed by atoms with Crippen molar-refractivity contribution in [2.75, 3.05) is 0 Å². The van der Waals surface area contributed by atoms with Crippen LogP contribution in [0.15, 0.2) is 36.0 Å². The fourth-order valence-corrected chi connectivity index (χ4v) is 2.99. The second-order valence-electron chi connectivity index (χ2n) is 7.63. The summed E-state index contributed by atoms with van der Waals surface area (Å²) in [7, 11) is 0. The largest absolute Gasteiger partial charge is 0.393 e. The summed E-state index contributed by atoms with van der Waals surface area (Å²) in [4.78, 5) is 0. The van der Waals surface area contributed by atoms with Crippen molar-refractivity contribution in [2.45, 2.75) is 84.0 Å². The molecule has 1 aliphatic rings. The third kappa shape index (κ3) is 9.75. The number of aliphatic hydroxyl groups excluding tert-OH is 3. The maximum absolute atomic E-state index is 9.64. The Labute approximate surface area is 141 Å². The summed E-state index contributed by atoms with van der Waals surface area (Å²) in [5.41, 5.74) is 1.39. The van der Waals surface area contributed by atoms with Gasteiger partial charge in [0, 0.05) is 0 Å². The molecule has 0 aliphatic heterocycles. The second-order valence-corrected chi connectivity index (χ2v) is 7.63. The zero-order chi connectivity index (χ0) is 17.3. The maximum atomic E-state index is 9.64. The molecule has 1 fully saturated rings. The molecule has 0 aromatic rings. The number of hydrogen-bond acceptors (Lipinski definition) is 3. The molecule has 1 rings (SSSR count). The first kappa shape index (κ1) is 20.1. The molecule has 3 heteroatoms. The minimum atomic E-state index is -0.395. The molecular weight excluding hydrogens is 288 g/mol. The lowest BCUT2D eigenvalue weighted by molar-refractivity contribution is 0.0609. The second kappa shape index (κ2) is 10.1. The van der Waals surface area contributed by atoms with Crippen LogP contribution in [0.1, 0.15) is 65.7 Å². The smallest absolute Gasteiger partial charge is 0.0692 e. The van der Waals surface area contributed by atoms with Gasteiger partial charge in [0.15, 0.2) is 0 Å². The minimum absolute atomic E-state index is 0.259. The number of allylic oxidation sites excluding steroid dienone is 4. The first-order chi connectivity index (χ1) is 10.8. The minimum Gasteiger partial charge on any atom is -0.393 e. The normalized spacial score (nSPS) is 24.5. The van der Waals surface area contributed by atoms with Crippen LogP contribution in [0.25, 0.3) is 0 Å². The van der Waals surface area contributed by atoms with Gasteiger partial charge in [-0.2, -0.15) is 0 Å². The van der Waals surface area contributed by atoms with Gasteiger partial charge in [-0.1, -0.05) is 49.8 Å². The molecular formula is C20H34O3. The van der Waals surface area contributed by atoms with E-state index in [1.165, 1.54) is 0 Å². The Morgan fingerprint density at radius 3 is 2.43 bits per heavy atom. The molecule has 0 saturated heterocycles. The van der Waals surface area contributed by atoms with E-state index < -0.39 is 12.2 Å². The van der Waals surface area contributed by atoms with E-state index in [9.17, 15) is 15.3 Å². The van der Waals surface area contributed by atoms with E-state index in [2.05, 4.69) is 32.1 Å². The van der Waals surface area contributed by atoms with Crippen LogP contribution >= 0.6 is 0 Å². The van der Waals surface area contributed by atoms with Crippen LogP contribution in [0.3, 0.4) is 0 Å². The van der Waals surface area contributed by atoms with Crippen LogP contribution < -0.4 is 0 Å². The Hall–Kier alpha value is -0.900. The fourth-order valence-electron chi connectivity index (χ4n) is 2.99. The van der Waals surface area contributed by atoms with E-state index >= 15 is 0 Å². The predicted octanol–water partition coefficient (Wildman–Crippen LogP) is 3.90. The van der Waals surface area contributed by atoms with Crippen molar-refractivity contribution in [3.05, 3.63) is 36.0 Å². The average Bonchev–Trinajstić information content (AvgIpc) is 2.41. The topological polar surface area (TPSA) is 60.7 Å². The Morgan fingerprint density at radius 1 is 1.17 bits per heavy atom. The first-order valence-corrected chi connectivity index (χ1v) is 8.84. The molecule has 132 valence electrons. The quantitative estimate of drug-likeness (QED) is 0.469. The fraction of sp³-hybridized carbons (Fsp3) is 0.700. The zero-order valence-corrected chi connectivity index (χ0v) is 14.9. The van der Waals surface area contributed by atoms with E-state index in [1.54, 1.807) is 6.92 Å². The molecule has 3 unspecified atom stereocenters.